The van der Waals surface area contributed by atoms with Gasteiger partial charge in [0.25, 0.3) is 0 Å². The number of carbonyl (C=O) groups excluding carboxylic acids is 1. The first-order chi connectivity index (χ1) is 6.60. The molecule has 1 rings (SSSR count). The standard InChI is InChI=1S/C10H13NO3/c1-6(12)10-8(11)4-7(13-2)5-9(10)14-3/h4-5H,11H2,1-3H3. The van der Waals surface area contributed by atoms with Crippen LogP contribution in [0.25, 0.3) is 0 Å². The fourth-order valence-corrected chi connectivity index (χ4v) is 1.27. The summed E-state index contributed by atoms with van der Waals surface area (Å²) in [4.78, 5) is 11.2. The fourth-order valence-electron chi connectivity index (χ4n) is 1.27. The van der Waals surface area contributed by atoms with Gasteiger partial charge in [-0.25, -0.2) is 0 Å². The third-order valence-corrected chi connectivity index (χ3v) is 1.91. The SMILES string of the molecule is COc1cc(N)c(C(C)=O)c(OC)c1. The number of nitrogens with two attached hydrogens (primary N) is 1. The lowest BCUT2D eigenvalue weighted by atomic mass is 10.1. The van der Waals surface area contributed by atoms with Crippen molar-refractivity contribution in [2.24, 2.45) is 0 Å². The van der Waals surface area contributed by atoms with Crippen LogP contribution < -0.4 is 15.2 Å². The van der Waals surface area contributed by atoms with Gasteiger partial charge in [0.1, 0.15) is 11.5 Å². The zero-order valence-electron chi connectivity index (χ0n) is 8.46. The van der Waals surface area contributed by atoms with Crippen LogP contribution in [0.5, 0.6) is 11.5 Å². The van der Waals surface area contributed by atoms with E-state index in [9.17, 15) is 4.79 Å². The lowest BCUT2D eigenvalue weighted by Crippen LogP contribution is -2.03. The van der Waals surface area contributed by atoms with Gasteiger partial charge in [-0.05, 0) is 6.92 Å². The van der Waals surface area contributed by atoms with Gasteiger partial charge in [0, 0.05) is 17.8 Å². The van der Waals surface area contributed by atoms with E-state index < -0.39 is 0 Å². The van der Waals surface area contributed by atoms with Crippen LogP contribution in [0.2, 0.25) is 0 Å². The summed E-state index contributed by atoms with van der Waals surface area (Å²) in [5, 5.41) is 0. The van der Waals surface area contributed by atoms with E-state index in [1.54, 1.807) is 12.1 Å². The summed E-state index contributed by atoms with van der Waals surface area (Å²) in [6, 6.07) is 3.23. The molecule has 0 radical (unpaired) electrons. The van der Waals surface area contributed by atoms with Gasteiger partial charge in [-0.15, -0.1) is 0 Å². The Morgan fingerprint density at radius 3 is 2.36 bits per heavy atom. The molecule has 1 aromatic carbocycles. The van der Waals surface area contributed by atoms with E-state index in [0.717, 1.165) is 0 Å². The highest BCUT2D eigenvalue weighted by Gasteiger charge is 2.13. The summed E-state index contributed by atoms with van der Waals surface area (Å²) in [7, 11) is 3.02. The Morgan fingerprint density at radius 2 is 1.93 bits per heavy atom. The second-order valence-corrected chi connectivity index (χ2v) is 2.85. The molecule has 0 fully saturated rings. The van der Waals surface area contributed by atoms with E-state index in [4.69, 9.17) is 15.2 Å². The summed E-state index contributed by atoms with van der Waals surface area (Å²) in [6.45, 7) is 1.45. The Hall–Kier alpha value is -1.71. The second kappa shape index (κ2) is 4.00. The molecule has 0 heterocycles. The van der Waals surface area contributed by atoms with E-state index in [0.29, 0.717) is 22.7 Å². The molecule has 14 heavy (non-hydrogen) atoms. The number of anilines is 1. The molecule has 1 aromatic rings. The molecule has 4 heteroatoms. The minimum absolute atomic E-state index is 0.123. The van der Waals surface area contributed by atoms with Gasteiger partial charge in [-0.1, -0.05) is 0 Å². The lowest BCUT2D eigenvalue weighted by molar-refractivity contribution is 0.101. The van der Waals surface area contributed by atoms with Crippen molar-refractivity contribution in [1.29, 1.82) is 0 Å². The van der Waals surface area contributed by atoms with Crippen molar-refractivity contribution in [2.45, 2.75) is 6.92 Å². The first-order valence-corrected chi connectivity index (χ1v) is 4.12. The molecule has 0 aliphatic rings. The Labute approximate surface area is 82.6 Å². The van der Waals surface area contributed by atoms with E-state index >= 15 is 0 Å². The van der Waals surface area contributed by atoms with Crippen LogP contribution in [0.1, 0.15) is 17.3 Å². The molecule has 4 nitrogen and oxygen atoms in total. The number of hydrogen-bond acceptors (Lipinski definition) is 4. The lowest BCUT2D eigenvalue weighted by Gasteiger charge is -2.10. The zero-order valence-corrected chi connectivity index (χ0v) is 8.46. The number of ketones is 1. The molecule has 0 aliphatic heterocycles. The van der Waals surface area contributed by atoms with E-state index in [2.05, 4.69) is 0 Å². The smallest absolute Gasteiger partial charge is 0.165 e. The van der Waals surface area contributed by atoms with Gasteiger partial charge in [0.2, 0.25) is 0 Å². The number of carbonyl (C=O) groups is 1. The highest BCUT2D eigenvalue weighted by molar-refractivity contribution is 6.02. The molecule has 0 spiro atoms. The van der Waals surface area contributed by atoms with Crippen LogP contribution in [0, 0.1) is 0 Å². The minimum atomic E-state index is -0.123. The minimum Gasteiger partial charge on any atom is -0.497 e. The number of methoxy groups -OCH3 is 2. The second-order valence-electron chi connectivity index (χ2n) is 2.85. The normalized spacial score (nSPS) is 9.64. The third kappa shape index (κ3) is 1.79. The molecule has 0 bridgehead atoms. The van der Waals surface area contributed by atoms with E-state index in [1.165, 1.54) is 21.1 Å². The molecule has 0 unspecified atom stereocenters. The maximum Gasteiger partial charge on any atom is 0.165 e. The van der Waals surface area contributed by atoms with Gasteiger partial charge in [-0.3, -0.25) is 4.79 Å². The third-order valence-electron chi connectivity index (χ3n) is 1.91. The van der Waals surface area contributed by atoms with Crippen molar-refractivity contribution < 1.29 is 14.3 Å². The van der Waals surface area contributed by atoms with E-state index in [-0.39, 0.29) is 5.78 Å². The molecule has 0 atom stereocenters. The van der Waals surface area contributed by atoms with Crippen LogP contribution in [0.15, 0.2) is 12.1 Å². The van der Waals surface area contributed by atoms with Gasteiger partial charge < -0.3 is 15.2 Å². The molecule has 0 aliphatic carbocycles. The van der Waals surface area contributed by atoms with Crippen LogP contribution in [-0.4, -0.2) is 20.0 Å². The van der Waals surface area contributed by atoms with Crippen molar-refractivity contribution in [3.8, 4) is 11.5 Å². The highest BCUT2D eigenvalue weighted by atomic mass is 16.5. The van der Waals surface area contributed by atoms with Gasteiger partial charge in [-0.2, -0.15) is 0 Å². The van der Waals surface area contributed by atoms with Crippen molar-refractivity contribution in [2.75, 3.05) is 20.0 Å². The predicted molar refractivity (Wildman–Crippen MR) is 54.0 cm³/mol. The zero-order chi connectivity index (χ0) is 10.7. The predicted octanol–water partition coefficient (Wildman–Crippen LogP) is 1.49. The van der Waals surface area contributed by atoms with Crippen molar-refractivity contribution in [1.82, 2.24) is 0 Å². The fraction of sp³-hybridized carbons (Fsp3) is 0.300. The largest absolute Gasteiger partial charge is 0.497 e. The molecule has 0 aromatic heterocycles. The average molecular weight is 195 g/mol. The van der Waals surface area contributed by atoms with Crippen LogP contribution in [-0.2, 0) is 0 Å². The Kier molecular flexibility index (Phi) is 2.96. The first kappa shape index (κ1) is 10.4. The summed E-state index contributed by atoms with van der Waals surface area (Å²) in [6.07, 6.45) is 0. The summed E-state index contributed by atoms with van der Waals surface area (Å²) < 4.78 is 10.1. The molecular formula is C10H13NO3. The van der Waals surface area contributed by atoms with Crippen LogP contribution >= 0.6 is 0 Å². The molecule has 2 N–H and O–H groups in total. The van der Waals surface area contributed by atoms with Crippen molar-refractivity contribution >= 4 is 11.5 Å². The van der Waals surface area contributed by atoms with Gasteiger partial charge in [0.15, 0.2) is 5.78 Å². The average Bonchev–Trinajstić information content (AvgIpc) is 2.15. The molecule has 0 saturated carbocycles. The Balaban J connectivity index is 3.34. The van der Waals surface area contributed by atoms with Gasteiger partial charge in [0.05, 0.1) is 19.8 Å². The topological polar surface area (TPSA) is 61.5 Å². The van der Waals surface area contributed by atoms with Crippen molar-refractivity contribution in [3.63, 3.8) is 0 Å². The molecule has 0 amide bonds. The summed E-state index contributed by atoms with van der Waals surface area (Å²) in [5.74, 6) is 0.890. The first-order valence-electron chi connectivity index (χ1n) is 4.12. The number of hydrogen-bond donors (Lipinski definition) is 1. The monoisotopic (exact) mass is 195 g/mol. The summed E-state index contributed by atoms with van der Waals surface area (Å²) >= 11 is 0. The van der Waals surface area contributed by atoms with Gasteiger partial charge >= 0.3 is 0 Å². The number of benzene rings is 1. The Morgan fingerprint density at radius 1 is 1.29 bits per heavy atom. The molecule has 0 saturated heterocycles. The number of nitrogen functional groups attached to an aromatic ring is 1. The van der Waals surface area contributed by atoms with E-state index in [1.807, 2.05) is 0 Å². The number of Topliss-reactive ketones (excluding diaryl/α,β-unsaturated/α-hetero) is 1. The van der Waals surface area contributed by atoms with Crippen LogP contribution in [0.3, 0.4) is 0 Å². The quantitative estimate of drug-likeness (QED) is 0.586. The maximum atomic E-state index is 11.2. The van der Waals surface area contributed by atoms with Crippen LogP contribution in [0.4, 0.5) is 5.69 Å². The highest BCUT2D eigenvalue weighted by Crippen LogP contribution is 2.30. The summed E-state index contributed by atoms with van der Waals surface area (Å²) in [5.41, 5.74) is 6.46. The maximum absolute atomic E-state index is 11.2. The number of ether oxygens (including phenoxy) is 2. The van der Waals surface area contributed by atoms with Crippen molar-refractivity contribution in [3.05, 3.63) is 17.7 Å². The Bertz CT molecular complexity index is 361. The molecular weight excluding hydrogens is 182 g/mol. The molecule has 76 valence electrons. The number of rotatable bonds is 3.